The lowest BCUT2D eigenvalue weighted by Crippen LogP contribution is -2.37. The summed E-state index contributed by atoms with van der Waals surface area (Å²) in [7, 11) is 0. The molecule has 0 aliphatic rings. The molecule has 0 radical (unpaired) electrons. The topological polar surface area (TPSA) is 68.3 Å². The van der Waals surface area contributed by atoms with Crippen molar-refractivity contribution in [3.05, 3.63) is 66.0 Å². The molecule has 108 valence electrons. The molecule has 1 atom stereocenters. The number of aromatic nitrogens is 1. The summed E-state index contributed by atoms with van der Waals surface area (Å²) in [6, 6.07) is 12.4. The molecule has 1 amide bonds. The quantitative estimate of drug-likeness (QED) is 0.825. The van der Waals surface area contributed by atoms with E-state index < -0.39 is 12.1 Å². The largest absolute Gasteiger partial charge is 0.445 e. The number of hydrogen-bond acceptors (Lipinski definition) is 4. The number of hydrogen-bond donors (Lipinski definition) is 1. The molecule has 2 rings (SSSR count). The summed E-state index contributed by atoms with van der Waals surface area (Å²) in [6.07, 6.45) is 3.78. The van der Waals surface area contributed by atoms with Crippen LogP contribution in [0.1, 0.15) is 11.1 Å². The van der Waals surface area contributed by atoms with E-state index in [9.17, 15) is 9.59 Å². The van der Waals surface area contributed by atoms with Gasteiger partial charge in [-0.25, -0.2) is 4.79 Å². The third-order valence-electron chi connectivity index (χ3n) is 2.86. The molecule has 1 aromatic heterocycles. The predicted molar refractivity (Wildman–Crippen MR) is 77.6 cm³/mol. The number of carbonyl (C=O) groups is 2. The minimum atomic E-state index is -0.627. The average molecular weight is 284 g/mol. The second-order valence-corrected chi connectivity index (χ2v) is 4.51. The highest BCUT2D eigenvalue weighted by Gasteiger charge is 2.13. The molecule has 0 spiro atoms. The summed E-state index contributed by atoms with van der Waals surface area (Å²) in [4.78, 5) is 26.7. The first-order chi connectivity index (χ1) is 10.3. The standard InChI is InChI=1S/C16H16N2O3/c19-11-15(9-14-7-4-8-17-10-14)18-16(20)21-12-13-5-2-1-3-6-13/h1-8,10-11,15H,9,12H2,(H,18,20)/t15-/m0/s1. The van der Waals surface area contributed by atoms with Crippen LogP contribution in [0.2, 0.25) is 0 Å². The van der Waals surface area contributed by atoms with Crippen molar-refractivity contribution < 1.29 is 14.3 Å². The van der Waals surface area contributed by atoms with Crippen LogP contribution in [-0.2, 0) is 22.6 Å². The zero-order valence-electron chi connectivity index (χ0n) is 11.4. The van der Waals surface area contributed by atoms with Gasteiger partial charge in [-0.2, -0.15) is 0 Å². The molecule has 0 saturated carbocycles. The van der Waals surface area contributed by atoms with E-state index in [4.69, 9.17) is 4.74 Å². The predicted octanol–water partition coefficient (Wildman–Crippen LogP) is 2.12. The van der Waals surface area contributed by atoms with Crippen molar-refractivity contribution in [1.82, 2.24) is 10.3 Å². The van der Waals surface area contributed by atoms with E-state index in [1.165, 1.54) is 0 Å². The molecule has 0 aliphatic heterocycles. The fourth-order valence-electron chi connectivity index (χ4n) is 1.82. The summed E-state index contributed by atoms with van der Waals surface area (Å²) in [5.74, 6) is 0. The van der Waals surface area contributed by atoms with Crippen LogP contribution in [0.4, 0.5) is 4.79 Å². The van der Waals surface area contributed by atoms with Gasteiger partial charge >= 0.3 is 6.09 Å². The second-order valence-electron chi connectivity index (χ2n) is 4.51. The number of carbonyl (C=O) groups excluding carboxylic acids is 2. The highest BCUT2D eigenvalue weighted by molar-refractivity contribution is 5.73. The van der Waals surface area contributed by atoms with E-state index in [-0.39, 0.29) is 6.61 Å². The number of benzene rings is 1. The molecule has 0 bridgehead atoms. The lowest BCUT2D eigenvalue weighted by molar-refractivity contribution is -0.109. The summed E-state index contributed by atoms with van der Waals surface area (Å²) < 4.78 is 5.07. The Morgan fingerprint density at radius 2 is 1.95 bits per heavy atom. The van der Waals surface area contributed by atoms with Crippen molar-refractivity contribution in [2.45, 2.75) is 19.1 Å². The monoisotopic (exact) mass is 284 g/mol. The van der Waals surface area contributed by atoms with Gasteiger partial charge in [-0.1, -0.05) is 36.4 Å². The molecule has 0 saturated heterocycles. The van der Waals surface area contributed by atoms with Crippen LogP contribution < -0.4 is 5.32 Å². The molecule has 0 fully saturated rings. The molecule has 1 heterocycles. The maximum Gasteiger partial charge on any atom is 0.408 e. The van der Waals surface area contributed by atoms with Crippen molar-refractivity contribution in [2.24, 2.45) is 0 Å². The summed E-state index contributed by atoms with van der Waals surface area (Å²) >= 11 is 0. The molecule has 5 nitrogen and oxygen atoms in total. The van der Waals surface area contributed by atoms with Gasteiger partial charge < -0.3 is 14.8 Å². The normalized spacial score (nSPS) is 11.4. The van der Waals surface area contributed by atoms with Gasteiger partial charge in [-0.15, -0.1) is 0 Å². The van der Waals surface area contributed by atoms with Gasteiger partial charge in [0.2, 0.25) is 0 Å². The first kappa shape index (κ1) is 14.7. The van der Waals surface area contributed by atoms with Crippen molar-refractivity contribution >= 4 is 12.4 Å². The molecule has 1 aromatic carbocycles. The molecular weight excluding hydrogens is 268 g/mol. The van der Waals surface area contributed by atoms with Gasteiger partial charge in [-0.05, 0) is 17.2 Å². The fraction of sp³-hybridized carbons (Fsp3) is 0.188. The van der Waals surface area contributed by atoms with Crippen LogP contribution in [0.5, 0.6) is 0 Å². The van der Waals surface area contributed by atoms with Crippen molar-refractivity contribution in [3.8, 4) is 0 Å². The summed E-state index contributed by atoms with van der Waals surface area (Å²) in [5, 5.41) is 2.53. The molecular formula is C16H16N2O3. The number of nitrogens with zero attached hydrogens (tertiary/aromatic N) is 1. The Bertz CT molecular complexity index is 573. The first-order valence-corrected chi connectivity index (χ1v) is 6.59. The second kappa shape index (κ2) is 7.79. The van der Waals surface area contributed by atoms with Gasteiger partial charge in [0.25, 0.3) is 0 Å². The number of rotatable bonds is 6. The highest BCUT2D eigenvalue weighted by Crippen LogP contribution is 2.02. The van der Waals surface area contributed by atoms with Crippen LogP contribution in [0.25, 0.3) is 0 Å². The summed E-state index contributed by atoms with van der Waals surface area (Å²) in [5.41, 5.74) is 1.76. The van der Waals surface area contributed by atoms with Crippen molar-refractivity contribution in [1.29, 1.82) is 0 Å². The Balaban J connectivity index is 1.81. The fourth-order valence-corrected chi connectivity index (χ4v) is 1.82. The maximum absolute atomic E-state index is 11.7. The average Bonchev–Trinajstić information content (AvgIpc) is 2.54. The van der Waals surface area contributed by atoms with Gasteiger partial charge in [-0.3, -0.25) is 4.98 Å². The Kier molecular flexibility index (Phi) is 5.46. The number of nitrogens with one attached hydrogen (secondary N) is 1. The number of aldehydes is 1. The van der Waals surface area contributed by atoms with E-state index in [0.29, 0.717) is 12.7 Å². The Labute approximate surface area is 123 Å². The van der Waals surface area contributed by atoms with Gasteiger partial charge in [0.1, 0.15) is 12.9 Å². The SMILES string of the molecule is O=C[C@H](Cc1cccnc1)NC(=O)OCc1ccccc1. The zero-order valence-corrected chi connectivity index (χ0v) is 11.4. The third kappa shape index (κ3) is 5.06. The van der Waals surface area contributed by atoms with E-state index in [1.54, 1.807) is 18.5 Å². The molecule has 1 N–H and O–H groups in total. The van der Waals surface area contributed by atoms with Gasteiger partial charge in [0.15, 0.2) is 0 Å². The number of amides is 1. The van der Waals surface area contributed by atoms with Gasteiger partial charge in [0, 0.05) is 18.8 Å². The van der Waals surface area contributed by atoms with E-state index in [1.807, 2.05) is 36.4 Å². The third-order valence-corrected chi connectivity index (χ3v) is 2.86. The Hall–Kier alpha value is -2.69. The smallest absolute Gasteiger partial charge is 0.408 e. The van der Waals surface area contributed by atoms with Crippen LogP contribution in [0.3, 0.4) is 0 Å². The molecule has 5 heteroatoms. The molecule has 0 aliphatic carbocycles. The van der Waals surface area contributed by atoms with Crippen LogP contribution in [-0.4, -0.2) is 23.4 Å². The van der Waals surface area contributed by atoms with E-state index in [2.05, 4.69) is 10.3 Å². The minimum absolute atomic E-state index is 0.172. The van der Waals surface area contributed by atoms with Crippen LogP contribution >= 0.6 is 0 Å². The van der Waals surface area contributed by atoms with E-state index >= 15 is 0 Å². The zero-order chi connectivity index (χ0) is 14.9. The van der Waals surface area contributed by atoms with Crippen LogP contribution in [0.15, 0.2) is 54.9 Å². The molecule has 0 unspecified atom stereocenters. The molecule has 2 aromatic rings. The van der Waals surface area contributed by atoms with Crippen molar-refractivity contribution in [2.75, 3.05) is 0 Å². The van der Waals surface area contributed by atoms with Gasteiger partial charge in [0.05, 0.1) is 6.04 Å². The van der Waals surface area contributed by atoms with Crippen LogP contribution in [0, 0.1) is 0 Å². The Morgan fingerprint density at radius 3 is 2.62 bits per heavy atom. The maximum atomic E-state index is 11.7. The highest BCUT2D eigenvalue weighted by atomic mass is 16.5. The number of ether oxygens (including phenoxy) is 1. The minimum Gasteiger partial charge on any atom is -0.445 e. The lowest BCUT2D eigenvalue weighted by Gasteiger charge is -2.13. The first-order valence-electron chi connectivity index (χ1n) is 6.59. The molecule has 21 heavy (non-hydrogen) atoms. The number of alkyl carbamates (subject to hydrolysis) is 1. The van der Waals surface area contributed by atoms with Crippen molar-refractivity contribution in [3.63, 3.8) is 0 Å². The van der Waals surface area contributed by atoms with E-state index in [0.717, 1.165) is 11.1 Å². The lowest BCUT2D eigenvalue weighted by atomic mass is 10.1. The Morgan fingerprint density at radius 1 is 1.19 bits per heavy atom. The number of pyridine rings is 1. The summed E-state index contributed by atoms with van der Waals surface area (Å²) in [6.45, 7) is 0.172.